The number of hydrogen-bond acceptors (Lipinski definition) is 3. The van der Waals surface area contributed by atoms with Gasteiger partial charge in [-0.1, -0.05) is 18.2 Å². The first-order valence-electron chi connectivity index (χ1n) is 6.49. The zero-order valence-electron chi connectivity index (χ0n) is 10.4. The van der Waals surface area contributed by atoms with Gasteiger partial charge in [0, 0.05) is 24.7 Å². The quantitative estimate of drug-likeness (QED) is 0.841. The minimum atomic E-state index is 0.479. The first-order valence-corrected chi connectivity index (χ1v) is 6.49. The second-order valence-electron chi connectivity index (χ2n) is 4.95. The minimum Gasteiger partial charge on any atom is -0.496 e. The van der Waals surface area contributed by atoms with Gasteiger partial charge in [-0.2, -0.15) is 0 Å². The summed E-state index contributed by atoms with van der Waals surface area (Å²) in [5.41, 5.74) is 1.33. The second kappa shape index (κ2) is 4.67. The lowest BCUT2D eigenvalue weighted by molar-refractivity contribution is 0.136. The van der Waals surface area contributed by atoms with Gasteiger partial charge in [-0.25, -0.2) is 0 Å². The maximum Gasteiger partial charge on any atom is 0.123 e. The van der Waals surface area contributed by atoms with Crippen molar-refractivity contribution in [2.75, 3.05) is 26.7 Å². The van der Waals surface area contributed by atoms with Crippen LogP contribution in [-0.4, -0.2) is 37.7 Å². The number of benzene rings is 1. The van der Waals surface area contributed by atoms with Crippen molar-refractivity contribution in [1.29, 1.82) is 0 Å². The highest BCUT2D eigenvalue weighted by molar-refractivity contribution is 5.36. The summed E-state index contributed by atoms with van der Waals surface area (Å²) < 4.78 is 5.49. The summed E-state index contributed by atoms with van der Waals surface area (Å²) in [7, 11) is 1.76. The number of para-hydroxylation sites is 1. The molecule has 2 aliphatic rings. The lowest BCUT2D eigenvalue weighted by Gasteiger charge is -2.38. The third-order valence-electron chi connectivity index (χ3n) is 4.04. The van der Waals surface area contributed by atoms with Gasteiger partial charge in [0.15, 0.2) is 0 Å². The van der Waals surface area contributed by atoms with Gasteiger partial charge in [0.25, 0.3) is 0 Å². The smallest absolute Gasteiger partial charge is 0.123 e. The lowest BCUT2D eigenvalue weighted by atomic mass is 10.0. The first-order chi connectivity index (χ1) is 8.40. The van der Waals surface area contributed by atoms with Crippen LogP contribution in [-0.2, 0) is 0 Å². The highest BCUT2D eigenvalue weighted by atomic mass is 16.5. The van der Waals surface area contributed by atoms with E-state index in [1.54, 1.807) is 7.11 Å². The maximum atomic E-state index is 5.49. The van der Waals surface area contributed by atoms with E-state index in [0.29, 0.717) is 6.04 Å². The fraction of sp³-hybridized carbons (Fsp3) is 0.571. The van der Waals surface area contributed by atoms with E-state index >= 15 is 0 Å². The summed E-state index contributed by atoms with van der Waals surface area (Å²) in [6.07, 6.45) is 2.66. The summed E-state index contributed by atoms with van der Waals surface area (Å²) in [6, 6.07) is 9.62. The Bertz CT molecular complexity index is 394. The van der Waals surface area contributed by atoms with E-state index in [9.17, 15) is 0 Å². The Balaban J connectivity index is 1.91. The van der Waals surface area contributed by atoms with Gasteiger partial charge in [-0.15, -0.1) is 0 Å². The molecule has 0 aromatic heterocycles. The number of piperazine rings is 1. The Hall–Kier alpha value is -1.06. The molecule has 1 aromatic carbocycles. The first kappa shape index (κ1) is 11.1. The number of methoxy groups -OCH3 is 1. The Morgan fingerprint density at radius 1 is 1.29 bits per heavy atom. The molecule has 3 heteroatoms. The summed E-state index contributed by atoms with van der Waals surface area (Å²) in [5.74, 6) is 1.02. The zero-order valence-corrected chi connectivity index (χ0v) is 10.4. The van der Waals surface area contributed by atoms with Crippen molar-refractivity contribution in [1.82, 2.24) is 10.2 Å². The van der Waals surface area contributed by atoms with Gasteiger partial charge in [0.05, 0.1) is 13.2 Å². The van der Waals surface area contributed by atoms with Crippen LogP contribution in [0.3, 0.4) is 0 Å². The summed E-state index contributed by atoms with van der Waals surface area (Å²) in [6.45, 7) is 3.41. The molecule has 2 atom stereocenters. The van der Waals surface area contributed by atoms with E-state index in [-0.39, 0.29) is 0 Å². The van der Waals surface area contributed by atoms with Crippen molar-refractivity contribution in [2.24, 2.45) is 0 Å². The monoisotopic (exact) mass is 232 g/mol. The van der Waals surface area contributed by atoms with E-state index in [0.717, 1.165) is 24.9 Å². The molecule has 0 radical (unpaired) electrons. The van der Waals surface area contributed by atoms with Gasteiger partial charge < -0.3 is 10.1 Å². The van der Waals surface area contributed by atoms with Gasteiger partial charge in [-0.05, 0) is 25.5 Å². The van der Waals surface area contributed by atoms with E-state index in [1.807, 2.05) is 6.07 Å². The summed E-state index contributed by atoms with van der Waals surface area (Å²) in [5, 5.41) is 3.56. The van der Waals surface area contributed by atoms with Crippen LogP contribution < -0.4 is 10.1 Å². The highest BCUT2D eigenvalue weighted by Gasteiger charge is 2.35. The van der Waals surface area contributed by atoms with E-state index in [2.05, 4.69) is 28.4 Å². The van der Waals surface area contributed by atoms with E-state index in [1.165, 1.54) is 24.9 Å². The molecule has 3 nitrogen and oxygen atoms in total. The standard InChI is InChI=1S/C14H20N2O/c1-17-14-7-3-2-6-12(14)13-10-15-9-11-5-4-8-16(11)13/h2-3,6-7,11,13,15H,4-5,8-10H2,1H3/t11-,13?/m0/s1. The predicted molar refractivity (Wildman–Crippen MR) is 68.3 cm³/mol. The number of fused-ring (bicyclic) bond motifs is 1. The summed E-state index contributed by atoms with van der Waals surface area (Å²) >= 11 is 0. The number of nitrogens with one attached hydrogen (secondary N) is 1. The van der Waals surface area contributed by atoms with Crippen LogP contribution in [0.1, 0.15) is 24.4 Å². The number of ether oxygens (including phenoxy) is 1. The van der Waals surface area contributed by atoms with Crippen LogP contribution >= 0.6 is 0 Å². The average molecular weight is 232 g/mol. The number of nitrogens with zero attached hydrogens (tertiary/aromatic N) is 1. The van der Waals surface area contributed by atoms with Crippen LogP contribution in [0.15, 0.2) is 24.3 Å². The van der Waals surface area contributed by atoms with Gasteiger partial charge >= 0.3 is 0 Å². The molecule has 0 spiro atoms. The van der Waals surface area contributed by atoms with Crippen molar-refractivity contribution < 1.29 is 4.74 Å². The van der Waals surface area contributed by atoms with Crippen molar-refractivity contribution in [3.8, 4) is 5.75 Å². The van der Waals surface area contributed by atoms with Crippen LogP contribution in [0.4, 0.5) is 0 Å². The third kappa shape index (κ3) is 1.94. The normalized spacial score (nSPS) is 29.0. The maximum absolute atomic E-state index is 5.49. The number of hydrogen-bond donors (Lipinski definition) is 1. The van der Waals surface area contributed by atoms with Crippen LogP contribution in [0.5, 0.6) is 5.75 Å². The summed E-state index contributed by atoms with van der Waals surface area (Å²) in [4.78, 5) is 2.65. The SMILES string of the molecule is COc1ccccc1C1CNC[C@@H]2CCCN12. The zero-order chi connectivity index (χ0) is 11.7. The van der Waals surface area contributed by atoms with Gasteiger partial charge in [0.2, 0.25) is 0 Å². The fourth-order valence-corrected chi connectivity index (χ4v) is 3.22. The van der Waals surface area contributed by atoms with Crippen LogP contribution in [0.2, 0.25) is 0 Å². The molecule has 2 fully saturated rings. The highest BCUT2D eigenvalue weighted by Crippen LogP contribution is 2.35. The minimum absolute atomic E-state index is 0.479. The molecule has 1 unspecified atom stereocenters. The molecule has 0 bridgehead atoms. The average Bonchev–Trinajstić information content (AvgIpc) is 2.86. The molecule has 3 rings (SSSR count). The Kier molecular flexibility index (Phi) is 3.04. The van der Waals surface area contributed by atoms with Crippen LogP contribution in [0, 0.1) is 0 Å². The lowest BCUT2D eigenvalue weighted by Crippen LogP contribution is -2.49. The number of rotatable bonds is 2. The Morgan fingerprint density at radius 3 is 3.06 bits per heavy atom. The molecule has 2 saturated heterocycles. The van der Waals surface area contributed by atoms with Crippen molar-refractivity contribution in [3.05, 3.63) is 29.8 Å². The molecule has 2 heterocycles. The fourth-order valence-electron chi connectivity index (χ4n) is 3.22. The molecule has 0 saturated carbocycles. The largest absolute Gasteiger partial charge is 0.496 e. The third-order valence-corrected chi connectivity index (χ3v) is 4.04. The van der Waals surface area contributed by atoms with Crippen molar-refractivity contribution >= 4 is 0 Å². The second-order valence-corrected chi connectivity index (χ2v) is 4.95. The van der Waals surface area contributed by atoms with Crippen molar-refractivity contribution in [3.63, 3.8) is 0 Å². The van der Waals surface area contributed by atoms with Crippen molar-refractivity contribution in [2.45, 2.75) is 24.9 Å². The van der Waals surface area contributed by atoms with E-state index in [4.69, 9.17) is 4.74 Å². The Morgan fingerprint density at radius 2 is 2.18 bits per heavy atom. The molecule has 0 amide bonds. The molecular formula is C14H20N2O. The molecular weight excluding hydrogens is 212 g/mol. The van der Waals surface area contributed by atoms with Gasteiger partial charge in [0.1, 0.15) is 5.75 Å². The Labute approximate surface area is 103 Å². The van der Waals surface area contributed by atoms with E-state index < -0.39 is 0 Å². The van der Waals surface area contributed by atoms with Crippen LogP contribution in [0.25, 0.3) is 0 Å². The van der Waals surface area contributed by atoms with Gasteiger partial charge in [-0.3, -0.25) is 4.90 Å². The molecule has 1 N–H and O–H groups in total. The molecule has 17 heavy (non-hydrogen) atoms. The predicted octanol–water partition coefficient (Wildman–Crippen LogP) is 1.80. The molecule has 1 aromatic rings. The molecule has 92 valence electrons. The molecule has 2 aliphatic heterocycles. The topological polar surface area (TPSA) is 24.5 Å². The molecule has 0 aliphatic carbocycles.